The summed E-state index contributed by atoms with van der Waals surface area (Å²) in [5, 5.41) is 3.18. The normalized spacial score (nSPS) is 11.9. The predicted octanol–water partition coefficient (Wildman–Crippen LogP) is 6.63. The van der Waals surface area contributed by atoms with Crippen molar-refractivity contribution in [3.05, 3.63) is 126 Å². The Morgan fingerprint density at radius 3 is 2.24 bits per heavy atom. The maximum atomic E-state index is 13.1. The van der Waals surface area contributed by atoms with E-state index in [1.807, 2.05) is 48.8 Å². The molecular formula is C30H27N3O. The van der Waals surface area contributed by atoms with E-state index in [0.717, 1.165) is 23.0 Å². The zero-order valence-corrected chi connectivity index (χ0v) is 19.2. The highest BCUT2D eigenvalue weighted by Crippen LogP contribution is 2.22. The van der Waals surface area contributed by atoms with Crippen molar-refractivity contribution in [1.29, 1.82) is 0 Å². The number of carbonyl (C=O) groups excluding carboxylic acids is 1. The molecule has 4 heteroatoms. The van der Waals surface area contributed by atoms with Crippen molar-refractivity contribution in [2.75, 3.05) is 0 Å². The standard InChI is InChI=1S/C30H27N3O/c1-2-27(25-11-7-4-8-12-25)32-30(34)26-17-18-28-29(19-26)33(21-31-28)20-22-13-15-24(16-14-22)23-9-5-3-6-10-23/h3-19,21,27H,2,20H2,1H3,(H,32,34). The van der Waals surface area contributed by atoms with E-state index in [4.69, 9.17) is 0 Å². The highest BCUT2D eigenvalue weighted by molar-refractivity contribution is 5.97. The van der Waals surface area contributed by atoms with E-state index in [9.17, 15) is 4.79 Å². The number of amides is 1. The summed E-state index contributed by atoms with van der Waals surface area (Å²) in [5.41, 5.74) is 7.18. The maximum Gasteiger partial charge on any atom is 0.251 e. The largest absolute Gasteiger partial charge is 0.345 e. The van der Waals surface area contributed by atoms with Crippen LogP contribution < -0.4 is 5.32 Å². The molecule has 34 heavy (non-hydrogen) atoms. The first-order valence-electron chi connectivity index (χ1n) is 11.7. The molecule has 5 rings (SSSR count). The van der Waals surface area contributed by atoms with E-state index in [1.54, 1.807) is 0 Å². The van der Waals surface area contributed by atoms with Crippen LogP contribution in [0.5, 0.6) is 0 Å². The lowest BCUT2D eigenvalue weighted by atomic mass is 10.0. The molecule has 0 fully saturated rings. The molecule has 0 saturated heterocycles. The molecule has 168 valence electrons. The molecule has 1 unspecified atom stereocenters. The summed E-state index contributed by atoms with van der Waals surface area (Å²) in [6.45, 7) is 2.78. The second kappa shape index (κ2) is 9.75. The van der Waals surface area contributed by atoms with Gasteiger partial charge in [-0.15, -0.1) is 0 Å². The number of imidazole rings is 1. The molecule has 0 aliphatic rings. The Kier molecular flexibility index (Phi) is 6.21. The van der Waals surface area contributed by atoms with Crippen LogP contribution in [0.2, 0.25) is 0 Å². The molecule has 1 heterocycles. The highest BCUT2D eigenvalue weighted by Gasteiger charge is 2.15. The van der Waals surface area contributed by atoms with Gasteiger partial charge in [0.1, 0.15) is 0 Å². The van der Waals surface area contributed by atoms with Crippen molar-refractivity contribution in [3.8, 4) is 11.1 Å². The van der Waals surface area contributed by atoms with Crippen molar-refractivity contribution in [3.63, 3.8) is 0 Å². The maximum absolute atomic E-state index is 13.1. The van der Waals surface area contributed by atoms with E-state index in [0.29, 0.717) is 12.1 Å². The number of fused-ring (bicyclic) bond motifs is 1. The lowest BCUT2D eigenvalue weighted by Gasteiger charge is -2.17. The molecule has 0 bridgehead atoms. The molecule has 0 saturated carbocycles. The summed E-state index contributed by atoms with van der Waals surface area (Å²) in [7, 11) is 0. The Morgan fingerprint density at radius 2 is 1.53 bits per heavy atom. The number of nitrogens with one attached hydrogen (secondary N) is 1. The van der Waals surface area contributed by atoms with Crippen LogP contribution >= 0.6 is 0 Å². The third-order valence-electron chi connectivity index (χ3n) is 6.21. The van der Waals surface area contributed by atoms with Crippen LogP contribution in [0.3, 0.4) is 0 Å². The SMILES string of the molecule is CCC(NC(=O)c1ccc2ncn(Cc3ccc(-c4ccccc4)cc3)c2c1)c1ccccc1. The van der Waals surface area contributed by atoms with Gasteiger partial charge < -0.3 is 9.88 Å². The van der Waals surface area contributed by atoms with Gasteiger partial charge in [-0.2, -0.15) is 0 Å². The van der Waals surface area contributed by atoms with Gasteiger partial charge in [0.15, 0.2) is 0 Å². The highest BCUT2D eigenvalue weighted by atomic mass is 16.1. The van der Waals surface area contributed by atoms with Crippen molar-refractivity contribution in [2.24, 2.45) is 0 Å². The summed E-state index contributed by atoms with van der Waals surface area (Å²) in [6, 6.07) is 34.7. The van der Waals surface area contributed by atoms with Crippen molar-refractivity contribution >= 4 is 16.9 Å². The third-order valence-corrected chi connectivity index (χ3v) is 6.21. The number of rotatable bonds is 7. The first kappa shape index (κ1) is 21.7. The molecule has 4 aromatic carbocycles. The quantitative estimate of drug-likeness (QED) is 0.305. The van der Waals surface area contributed by atoms with Crippen molar-refractivity contribution in [2.45, 2.75) is 25.9 Å². The third kappa shape index (κ3) is 4.62. The smallest absolute Gasteiger partial charge is 0.251 e. The van der Waals surface area contributed by atoms with Crippen LogP contribution in [-0.2, 0) is 6.54 Å². The fraction of sp³-hybridized carbons (Fsp3) is 0.133. The predicted molar refractivity (Wildman–Crippen MR) is 138 cm³/mol. The minimum Gasteiger partial charge on any atom is -0.345 e. The van der Waals surface area contributed by atoms with Gasteiger partial charge in [0.25, 0.3) is 5.91 Å². The Hall–Kier alpha value is -4.18. The average molecular weight is 446 g/mol. The fourth-order valence-corrected chi connectivity index (χ4v) is 4.30. The Morgan fingerprint density at radius 1 is 0.853 bits per heavy atom. The van der Waals surface area contributed by atoms with Gasteiger partial charge >= 0.3 is 0 Å². The number of hydrogen-bond donors (Lipinski definition) is 1. The Labute approximate surface area is 199 Å². The van der Waals surface area contributed by atoms with Crippen molar-refractivity contribution in [1.82, 2.24) is 14.9 Å². The van der Waals surface area contributed by atoms with Gasteiger partial charge in [-0.05, 0) is 46.9 Å². The summed E-state index contributed by atoms with van der Waals surface area (Å²) in [6.07, 6.45) is 2.67. The molecule has 4 nitrogen and oxygen atoms in total. The molecule has 1 amide bonds. The molecule has 1 aromatic heterocycles. The van der Waals surface area contributed by atoms with Gasteiger partial charge in [-0.3, -0.25) is 4.79 Å². The minimum atomic E-state index is -0.0717. The molecular weight excluding hydrogens is 418 g/mol. The van der Waals surface area contributed by atoms with E-state index in [-0.39, 0.29) is 11.9 Å². The first-order chi connectivity index (χ1) is 16.7. The summed E-state index contributed by atoms with van der Waals surface area (Å²) in [5.74, 6) is -0.0717. The topological polar surface area (TPSA) is 46.9 Å². The number of carbonyl (C=O) groups is 1. The van der Waals surface area contributed by atoms with Crippen LogP contribution in [0.15, 0.2) is 109 Å². The van der Waals surface area contributed by atoms with Crippen molar-refractivity contribution < 1.29 is 4.79 Å². The number of nitrogens with zero attached hydrogens (tertiary/aromatic N) is 2. The molecule has 1 N–H and O–H groups in total. The van der Waals surface area contributed by atoms with E-state index in [2.05, 4.69) is 82.5 Å². The number of aromatic nitrogens is 2. The lowest BCUT2D eigenvalue weighted by molar-refractivity contribution is 0.0935. The lowest BCUT2D eigenvalue weighted by Crippen LogP contribution is -2.28. The zero-order chi connectivity index (χ0) is 23.3. The van der Waals surface area contributed by atoms with Gasteiger partial charge in [0.05, 0.1) is 23.4 Å². The van der Waals surface area contributed by atoms with Crippen LogP contribution in [0.4, 0.5) is 0 Å². The van der Waals surface area contributed by atoms with E-state index >= 15 is 0 Å². The minimum absolute atomic E-state index is 0.0163. The molecule has 0 radical (unpaired) electrons. The van der Waals surface area contributed by atoms with Gasteiger partial charge in [-0.25, -0.2) is 4.98 Å². The average Bonchev–Trinajstić information content (AvgIpc) is 3.30. The van der Waals surface area contributed by atoms with Crippen LogP contribution in [-0.4, -0.2) is 15.5 Å². The monoisotopic (exact) mass is 445 g/mol. The summed E-state index contributed by atoms with van der Waals surface area (Å²) >= 11 is 0. The van der Waals surface area contributed by atoms with Gasteiger partial charge in [-0.1, -0.05) is 91.9 Å². The molecule has 1 atom stereocenters. The fourth-order valence-electron chi connectivity index (χ4n) is 4.30. The summed E-state index contributed by atoms with van der Waals surface area (Å²) in [4.78, 5) is 17.6. The molecule has 0 aliphatic heterocycles. The number of hydrogen-bond acceptors (Lipinski definition) is 2. The first-order valence-corrected chi connectivity index (χ1v) is 11.7. The second-order valence-corrected chi connectivity index (χ2v) is 8.48. The Balaban J connectivity index is 1.35. The van der Waals surface area contributed by atoms with Crippen LogP contribution in [0.25, 0.3) is 22.2 Å². The Bertz CT molecular complexity index is 1390. The molecule has 0 aliphatic carbocycles. The van der Waals surface area contributed by atoms with Crippen LogP contribution in [0, 0.1) is 0 Å². The zero-order valence-electron chi connectivity index (χ0n) is 19.2. The molecule has 0 spiro atoms. The number of benzene rings is 4. The summed E-state index contributed by atoms with van der Waals surface area (Å²) < 4.78 is 2.10. The molecule has 5 aromatic rings. The second-order valence-electron chi connectivity index (χ2n) is 8.48. The van der Waals surface area contributed by atoms with E-state index in [1.165, 1.54) is 16.7 Å². The van der Waals surface area contributed by atoms with Gasteiger partial charge in [0, 0.05) is 12.1 Å². The van der Waals surface area contributed by atoms with E-state index < -0.39 is 0 Å². The van der Waals surface area contributed by atoms with Gasteiger partial charge in [0.2, 0.25) is 0 Å². The van der Waals surface area contributed by atoms with Crippen LogP contribution in [0.1, 0.15) is 40.9 Å².